The first-order valence-electron chi connectivity index (χ1n) is 6.62. The fraction of sp³-hybridized carbons (Fsp3) is 0.833. The lowest BCUT2D eigenvalue weighted by Gasteiger charge is -2.30. The van der Waals surface area contributed by atoms with E-state index < -0.39 is 0 Å². The summed E-state index contributed by atoms with van der Waals surface area (Å²) in [5, 5.41) is 4.26. The van der Waals surface area contributed by atoms with Gasteiger partial charge in [-0.15, -0.1) is 0 Å². The van der Waals surface area contributed by atoms with Gasteiger partial charge in [0.25, 0.3) is 0 Å². The highest BCUT2D eigenvalue weighted by atomic mass is 15.3. The molecule has 0 spiro atoms. The van der Waals surface area contributed by atoms with Gasteiger partial charge in [-0.3, -0.25) is 4.90 Å². The molecule has 0 atom stereocenters. The second-order valence-corrected chi connectivity index (χ2v) is 4.85. The van der Waals surface area contributed by atoms with Gasteiger partial charge < -0.3 is 5.73 Å². The molecule has 1 fully saturated rings. The Kier molecular flexibility index (Phi) is 4.50. The van der Waals surface area contributed by atoms with Crippen molar-refractivity contribution < 1.29 is 0 Å². The Morgan fingerprint density at radius 3 is 2.82 bits per heavy atom. The van der Waals surface area contributed by atoms with Crippen LogP contribution in [0.2, 0.25) is 0 Å². The maximum atomic E-state index is 5.70. The largest absolute Gasteiger partial charge is 0.330 e. The maximum absolute atomic E-state index is 5.70. The third-order valence-corrected chi connectivity index (χ3v) is 3.54. The molecule has 0 bridgehead atoms. The van der Waals surface area contributed by atoms with Gasteiger partial charge in [0.2, 0.25) is 0 Å². The van der Waals surface area contributed by atoms with Gasteiger partial charge in [0.05, 0.1) is 6.54 Å². The van der Waals surface area contributed by atoms with E-state index in [1.165, 1.54) is 12.8 Å². The first-order chi connectivity index (χ1) is 8.33. The smallest absolute Gasteiger partial charge is 0.141 e. The Bertz CT molecular complexity index is 327. The van der Waals surface area contributed by atoms with Crippen LogP contribution in [0.25, 0.3) is 0 Å². The van der Waals surface area contributed by atoms with Crippen molar-refractivity contribution in [3.63, 3.8) is 0 Å². The second kappa shape index (κ2) is 6.12. The molecule has 0 saturated carbocycles. The summed E-state index contributed by atoms with van der Waals surface area (Å²) in [6.45, 7) is 7.17. The summed E-state index contributed by atoms with van der Waals surface area (Å²) in [6, 6.07) is 0. The lowest BCUT2D eigenvalue weighted by molar-refractivity contribution is 0.174. The van der Waals surface area contributed by atoms with E-state index in [-0.39, 0.29) is 0 Å². The highest BCUT2D eigenvalue weighted by molar-refractivity contribution is 4.86. The minimum Gasteiger partial charge on any atom is -0.330 e. The van der Waals surface area contributed by atoms with Crippen LogP contribution >= 0.6 is 0 Å². The zero-order valence-corrected chi connectivity index (χ0v) is 10.7. The van der Waals surface area contributed by atoms with Gasteiger partial charge in [-0.25, -0.2) is 9.67 Å². The van der Waals surface area contributed by atoms with E-state index in [0.29, 0.717) is 0 Å². The SMILES string of the molecule is CCCn1ncnc1CN1CCC(CN)CC1. The van der Waals surface area contributed by atoms with Crippen molar-refractivity contribution in [2.75, 3.05) is 19.6 Å². The predicted octanol–water partition coefficient (Wildman–Crippen LogP) is 0.859. The normalized spacial score (nSPS) is 18.7. The number of likely N-dealkylation sites (tertiary alicyclic amines) is 1. The predicted molar refractivity (Wildman–Crippen MR) is 67.4 cm³/mol. The van der Waals surface area contributed by atoms with Gasteiger partial charge in [0.1, 0.15) is 12.2 Å². The Labute approximate surface area is 103 Å². The van der Waals surface area contributed by atoms with E-state index in [9.17, 15) is 0 Å². The van der Waals surface area contributed by atoms with Gasteiger partial charge in [-0.1, -0.05) is 6.92 Å². The summed E-state index contributed by atoms with van der Waals surface area (Å²) in [4.78, 5) is 6.81. The molecule has 1 aliphatic heterocycles. The van der Waals surface area contributed by atoms with Crippen molar-refractivity contribution in [1.82, 2.24) is 19.7 Å². The van der Waals surface area contributed by atoms with Crippen molar-refractivity contribution in [2.45, 2.75) is 39.3 Å². The summed E-state index contributed by atoms with van der Waals surface area (Å²) < 4.78 is 2.02. The molecule has 2 rings (SSSR count). The molecule has 0 radical (unpaired) electrons. The number of aromatic nitrogens is 3. The van der Waals surface area contributed by atoms with Crippen molar-refractivity contribution in [3.8, 4) is 0 Å². The van der Waals surface area contributed by atoms with Crippen LogP contribution < -0.4 is 5.73 Å². The average molecular weight is 237 g/mol. The molecule has 5 heteroatoms. The summed E-state index contributed by atoms with van der Waals surface area (Å²) in [7, 11) is 0. The van der Waals surface area contributed by atoms with Crippen LogP contribution in [0, 0.1) is 5.92 Å². The van der Waals surface area contributed by atoms with Crippen LogP contribution in [0.5, 0.6) is 0 Å². The first-order valence-corrected chi connectivity index (χ1v) is 6.62. The summed E-state index contributed by atoms with van der Waals surface area (Å²) >= 11 is 0. The third-order valence-electron chi connectivity index (χ3n) is 3.54. The Hall–Kier alpha value is -0.940. The molecule has 0 aromatic carbocycles. The van der Waals surface area contributed by atoms with E-state index in [1.807, 2.05) is 4.68 Å². The number of hydrogen-bond donors (Lipinski definition) is 1. The minimum atomic E-state index is 0.722. The van der Waals surface area contributed by atoms with E-state index >= 15 is 0 Å². The Morgan fingerprint density at radius 1 is 1.41 bits per heavy atom. The molecular formula is C12H23N5. The van der Waals surface area contributed by atoms with Gasteiger partial charge in [-0.05, 0) is 44.8 Å². The van der Waals surface area contributed by atoms with Crippen LogP contribution in [0.15, 0.2) is 6.33 Å². The Balaban J connectivity index is 1.86. The Morgan fingerprint density at radius 2 is 2.18 bits per heavy atom. The fourth-order valence-corrected chi connectivity index (χ4v) is 2.39. The van der Waals surface area contributed by atoms with E-state index in [1.54, 1.807) is 6.33 Å². The lowest BCUT2D eigenvalue weighted by atomic mass is 9.97. The van der Waals surface area contributed by atoms with Gasteiger partial charge >= 0.3 is 0 Å². The molecule has 96 valence electrons. The van der Waals surface area contributed by atoms with Crippen molar-refractivity contribution in [2.24, 2.45) is 11.7 Å². The third kappa shape index (κ3) is 3.26. The van der Waals surface area contributed by atoms with Crippen molar-refractivity contribution >= 4 is 0 Å². The summed E-state index contributed by atoms with van der Waals surface area (Å²) in [5.74, 6) is 1.82. The number of nitrogens with zero attached hydrogens (tertiary/aromatic N) is 4. The topological polar surface area (TPSA) is 60.0 Å². The number of rotatable bonds is 5. The standard InChI is InChI=1S/C12H23N5/c1-2-5-17-12(14-10-15-17)9-16-6-3-11(8-13)4-7-16/h10-11H,2-9,13H2,1H3. The zero-order valence-electron chi connectivity index (χ0n) is 10.7. The van der Waals surface area contributed by atoms with Crippen LogP contribution in [0.3, 0.4) is 0 Å². The molecular weight excluding hydrogens is 214 g/mol. The van der Waals surface area contributed by atoms with Crippen molar-refractivity contribution in [1.29, 1.82) is 0 Å². The van der Waals surface area contributed by atoms with Gasteiger partial charge in [-0.2, -0.15) is 5.10 Å². The highest BCUT2D eigenvalue weighted by Gasteiger charge is 2.19. The van der Waals surface area contributed by atoms with Crippen molar-refractivity contribution in [3.05, 3.63) is 12.2 Å². The first kappa shape index (κ1) is 12.5. The maximum Gasteiger partial charge on any atom is 0.141 e. The fourth-order valence-electron chi connectivity index (χ4n) is 2.39. The van der Waals surface area contributed by atoms with E-state index in [2.05, 4.69) is 21.9 Å². The summed E-state index contributed by atoms with van der Waals surface area (Å²) in [6.07, 6.45) is 5.21. The highest BCUT2D eigenvalue weighted by Crippen LogP contribution is 2.17. The molecule has 1 saturated heterocycles. The molecule has 17 heavy (non-hydrogen) atoms. The molecule has 0 unspecified atom stereocenters. The van der Waals surface area contributed by atoms with Crippen LogP contribution in [0.4, 0.5) is 0 Å². The van der Waals surface area contributed by atoms with Crippen LogP contribution in [0.1, 0.15) is 32.0 Å². The average Bonchev–Trinajstić information content (AvgIpc) is 2.78. The van der Waals surface area contributed by atoms with Gasteiger partial charge in [0, 0.05) is 6.54 Å². The number of piperidine rings is 1. The van der Waals surface area contributed by atoms with Crippen LogP contribution in [-0.2, 0) is 13.1 Å². The molecule has 2 N–H and O–H groups in total. The second-order valence-electron chi connectivity index (χ2n) is 4.85. The van der Waals surface area contributed by atoms with E-state index in [0.717, 1.165) is 50.9 Å². The number of hydrogen-bond acceptors (Lipinski definition) is 4. The summed E-state index contributed by atoms with van der Waals surface area (Å²) in [5.41, 5.74) is 5.70. The molecule has 0 aliphatic carbocycles. The molecule has 1 aromatic heterocycles. The molecule has 5 nitrogen and oxygen atoms in total. The molecule has 0 amide bonds. The monoisotopic (exact) mass is 237 g/mol. The van der Waals surface area contributed by atoms with Crippen LogP contribution in [-0.4, -0.2) is 39.3 Å². The number of aryl methyl sites for hydroxylation is 1. The number of nitrogens with two attached hydrogens (primary N) is 1. The van der Waals surface area contributed by atoms with Gasteiger partial charge in [0.15, 0.2) is 0 Å². The molecule has 2 heterocycles. The zero-order chi connectivity index (χ0) is 12.1. The quantitative estimate of drug-likeness (QED) is 0.825. The molecule has 1 aliphatic rings. The molecule has 1 aromatic rings. The van der Waals surface area contributed by atoms with E-state index in [4.69, 9.17) is 5.73 Å². The minimum absolute atomic E-state index is 0.722. The lowest BCUT2D eigenvalue weighted by Crippen LogP contribution is -2.36.